The first-order valence-electron chi connectivity index (χ1n) is 21.3. The molecule has 1 nitrogen and oxygen atoms in total. The average molecular weight is 718 g/mol. The minimum atomic E-state index is -0.135. The zero-order valence-electron chi connectivity index (χ0n) is 33.3. The first-order chi connectivity index (χ1) is 26.8. The summed E-state index contributed by atoms with van der Waals surface area (Å²) in [6, 6.07) is 49.7. The number of hydrogen-bond donors (Lipinski definition) is 0. The van der Waals surface area contributed by atoms with Crippen molar-refractivity contribution < 1.29 is 0 Å². The van der Waals surface area contributed by atoms with Gasteiger partial charge in [-0.2, -0.15) is 0 Å². The molecule has 0 aromatic heterocycles. The molecule has 2 fully saturated rings. The second kappa shape index (κ2) is 13.4. The molecule has 1 heteroatoms. The van der Waals surface area contributed by atoms with E-state index >= 15 is 0 Å². The number of rotatable bonds is 6. The van der Waals surface area contributed by atoms with Gasteiger partial charge in [0.1, 0.15) is 0 Å². The van der Waals surface area contributed by atoms with E-state index in [9.17, 15) is 0 Å². The monoisotopic (exact) mass is 717 g/mol. The van der Waals surface area contributed by atoms with E-state index in [2.05, 4.69) is 160 Å². The van der Waals surface area contributed by atoms with Crippen LogP contribution in [0.2, 0.25) is 0 Å². The van der Waals surface area contributed by atoms with Gasteiger partial charge in [0.05, 0.1) is 0 Å². The van der Waals surface area contributed by atoms with E-state index < -0.39 is 0 Å². The molecular formula is C54H55N. The average Bonchev–Trinajstić information content (AvgIpc) is 3.61. The molecule has 0 aliphatic heterocycles. The van der Waals surface area contributed by atoms with Crippen LogP contribution in [0.3, 0.4) is 0 Å². The molecule has 0 saturated heterocycles. The fourth-order valence-electron chi connectivity index (χ4n) is 11.1. The maximum Gasteiger partial charge on any atom is 0.0465 e. The Morgan fingerprint density at radius 1 is 0.400 bits per heavy atom. The molecule has 276 valence electrons. The largest absolute Gasteiger partial charge is 0.310 e. The summed E-state index contributed by atoms with van der Waals surface area (Å²) in [6.45, 7) is 9.62. The minimum Gasteiger partial charge on any atom is -0.310 e. The van der Waals surface area contributed by atoms with Gasteiger partial charge in [-0.25, -0.2) is 0 Å². The molecule has 0 spiro atoms. The topological polar surface area (TPSA) is 3.24 Å². The van der Waals surface area contributed by atoms with Crippen LogP contribution in [-0.2, 0) is 10.8 Å². The normalized spacial score (nSPS) is 18.3. The van der Waals surface area contributed by atoms with Crippen LogP contribution in [0.5, 0.6) is 0 Å². The first kappa shape index (κ1) is 34.6. The zero-order valence-corrected chi connectivity index (χ0v) is 33.3. The van der Waals surface area contributed by atoms with Crippen molar-refractivity contribution in [2.45, 2.75) is 115 Å². The van der Waals surface area contributed by atoms with Crippen LogP contribution in [0.1, 0.15) is 137 Å². The number of nitrogens with zero attached hydrogens (tertiary/aromatic N) is 1. The van der Waals surface area contributed by atoms with Crippen LogP contribution in [0.4, 0.5) is 17.1 Å². The fraction of sp³-hybridized carbons (Fsp3) is 0.333. The summed E-state index contributed by atoms with van der Waals surface area (Å²) in [4.78, 5) is 2.51. The summed E-state index contributed by atoms with van der Waals surface area (Å²) in [7, 11) is 0. The molecule has 0 N–H and O–H groups in total. The Morgan fingerprint density at radius 3 is 1.53 bits per heavy atom. The molecule has 55 heavy (non-hydrogen) atoms. The summed E-state index contributed by atoms with van der Waals surface area (Å²) >= 11 is 0. The summed E-state index contributed by atoms with van der Waals surface area (Å²) in [6.07, 6.45) is 13.5. The lowest BCUT2D eigenvalue weighted by Gasteiger charge is -2.29. The maximum absolute atomic E-state index is 2.51. The van der Waals surface area contributed by atoms with Gasteiger partial charge in [-0.3, -0.25) is 0 Å². The standard InChI is InChI=1S/C54H55N/c1-53(2)48-20-12-11-18-45(48)46-32-26-40(34-50(46)53)44-19-13-21-49-52(44)47-33-31-43(35-51(47)54(49,3)4)55(41-27-22-38(23-28-41)36-14-7-5-8-15-36)42-29-24-39(25-30-42)37-16-9-6-10-17-37/h11-13,18-37H,5-10,14-17H2,1-4H3. The molecular weight excluding hydrogens is 663 g/mol. The number of hydrogen-bond acceptors (Lipinski definition) is 1. The second-order valence-electron chi connectivity index (χ2n) is 18.2. The quantitative estimate of drug-likeness (QED) is 0.166. The van der Waals surface area contributed by atoms with Gasteiger partial charge in [0.25, 0.3) is 0 Å². The Kier molecular flexibility index (Phi) is 8.43. The fourth-order valence-corrected chi connectivity index (χ4v) is 11.1. The highest BCUT2D eigenvalue weighted by Crippen LogP contribution is 2.55. The number of benzene rings is 6. The molecule has 0 unspecified atom stereocenters. The zero-order chi connectivity index (χ0) is 37.3. The van der Waals surface area contributed by atoms with E-state index in [0.717, 1.165) is 0 Å². The molecule has 4 aliphatic carbocycles. The van der Waals surface area contributed by atoms with Crippen molar-refractivity contribution >= 4 is 17.1 Å². The third-order valence-corrected chi connectivity index (χ3v) is 14.3. The molecule has 10 rings (SSSR count). The van der Waals surface area contributed by atoms with Crippen LogP contribution in [0, 0.1) is 0 Å². The number of anilines is 3. The molecule has 0 radical (unpaired) electrons. The van der Waals surface area contributed by atoms with Gasteiger partial charge in [-0.1, -0.05) is 151 Å². The van der Waals surface area contributed by atoms with Crippen LogP contribution in [0.25, 0.3) is 33.4 Å². The van der Waals surface area contributed by atoms with Crippen LogP contribution in [-0.4, -0.2) is 0 Å². The highest BCUT2D eigenvalue weighted by molar-refractivity contribution is 5.95. The van der Waals surface area contributed by atoms with Gasteiger partial charge < -0.3 is 4.90 Å². The van der Waals surface area contributed by atoms with E-state index in [-0.39, 0.29) is 10.8 Å². The summed E-state index contributed by atoms with van der Waals surface area (Å²) in [5, 5.41) is 0. The highest BCUT2D eigenvalue weighted by Gasteiger charge is 2.39. The van der Waals surface area contributed by atoms with E-state index in [4.69, 9.17) is 0 Å². The van der Waals surface area contributed by atoms with Gasteiger partial charge in [-0.05, 0) is 147 Å². The van der Waals surface area contributed by atoms with Crippen LogP contribution >= 0.6 is 0 Å². The summed E-state index contributed by atoms with van der Waals surface area (Å²) in [5.41, 5.74) is 20.4. The Morgan fingerprint density at radius 2 is 0.891 bits per heavy atom. The molecule has 4 aliphatic rings. The lowest BCUT2D eigenvalue weighted by Crippen LogP contribution is -2.16. The Hall–Kier alpha value is -4.88. The van der Waals surface area contributed by atoms with Gasteiger partial charge in [0.15, 0.2) is 0 Å². The SMILES string of the molecule is CC1(C)c2ccccc2-c2ccc(-c3cccc4c3-c3ccc(N(c5ccc(C6CCCCC6)cc5)c5ccc(C6CCCCC6)cc5)cc3C4(C)C)cc21. The van der Waals surface area contributed by atoms with Crippen molar-refractivity contribution in [2.24, 2.45) is 0 Å². The van der Waals surface area contributed by atoms with E-state index in [1.54, 1.807) is 0 Å². The highest BCUT2D eigenvalue weighted by atomic mass is 15.1. The first-order valence-corrected chi connectivity index (χ1v) is 21.3. The van der Waals surface area contributed by atoms with Crippen molar-refractivity contribution in [3.8, 4) is 33.4 Å². The predicted octanol–water partition coefficient (Wildman–Crippen LogP) is 15.5. The summed E-state index contributed by atoms with van der Waals surface area (Å²) in [5.74, 6) is 1.40. The lowest BCUT2D eigenvalue weighted by molar-refractivity contribution is 0.443. The lowest BCUT2D eigenvalue weighted by atomic mass is 9.80. The van der Waals surface area contributed by atoms with Crippen LogP contribution in [0.15, 0.2) is 127 Å². The van der Waals surface area contributed by atoms with Crippen molar-refractivity contribution in [3.05, 3.63) is 161 Å². The third kappa shape index (κ3) is 5.72. The molecule has 2 saturated carbocycles. The smallest absolute Gasteiger partial charge is 0.0465 e. The molecule has 0 amide bonds. The molecule has 0 heterocycles. The van der Waals surface area contributed by atoms with E-state index in [1.165, 1.54) is 148 Å². The third-order valence-electron chi connectivity index (χ3n) is 14.3. The van der Waals surface area contributed by atoms with Crippen molar-refractivity contribution in [1.82, 2.24) is 0 Å². The Labute approximate surface area is 329 Å². The van der Waals surface area contributed by atoms with Gasteiger partial charge in [0, 0.05) is 27.9 Å². The Bertz CT molecular complexity index is 2320. The molecule has 0 bridgehead atoms. The van der Waals surface area contributed by atoms with Crippen molar-refractivity contribution in [1.29, 1.82) is 0 Å². The van der Waals surface area contributed by atoms with Gasteiger partial charge in [-0.15, -0.1) is 0 Å². The maximum atomic E-state index is 2.51. The molecule has 6 aromatic rings. The van der Waals surface area contributed by atoms with Crippen molar-refractivity contribution in [3.63, 3.8) is 0 Å². The predicted molar refractivity (Wildman–Crippen MR) is 233 cm³/mol. The number of fused-ring (bicyclic) bond motifs is 6. The van der Waals surface area contributed by atoms with E-state index in [0.29, 0.717) is 11.8 Å². The van der Waals surface area contributed by atoms with Crippen molar-refractivity contribution in [2.75, 3.05) is 4.90 Å². The minimum absolute atomic E-state index is 0.0291. The molecule has 6 aromatic carbocycles. The molecule has 0 atom stereocenters. The van der Waals surface area contributed by atoms with Gasteiger partial charge in [0.2, 0.25) is 0 Å². The van der Waals surface area contributed by atoms with Crippen LogP contribution < -0.4 is 4.90 Å². The van der Waals surface area contributed by atoms with E-state index in [1.807, 2.05) is 0 Å². The summed E-state index contributed by atoms with van der Waals surface area (Å²) < 4.78 is 0. The second-order valence-corrected chi connectivity index (χ2v) is 18.2. The Balaban J connectivity index is 1.06. The van der Waals surface area contributed by atoms with Gasteiger partial charge >= 0.3 is 0 Å².